The highest BCUT2D eigenvalue weighted by atomic mass is 127. The summed E-state index contributed by atoms with van der Waals surface area (Å²) < 4.78 is 2.65. The molecule has 0 bridgehead atoms. The molecule has 0 spiro atoms. The number of hydrogen-bond acceptors (Lipinski definition) is 0. The third-order valence-electron chi connectivity index (χ3n) is 1.29. The van der Waals surface area contributed by atoms with Crippen LogP contribution in [0.4, 0.5) is 0 Å². The zero-order valence-electron chi connectivity index (χ0n) is 5.57. The van der Waals surface area contributed by atoms with Crippen LogP contribution in [0.5, 0.6) is 0 Å². The summed E-state index contributed by atoms with van der Waals surface area (Å²) in [4.78, 5) is 0. The molecule has 0 N–H and O–H groups in total. The van der Waals surface area contributed by atoms with Crippen molar-refractivity contribution in [2.45, 2.75) is 6.92 Å². The fourth-order valence-electron chi connectivity index (χ4n) is 0.786. The van der Waals surface area contributed by atoms with Crippen LogP contribution in [0, 0.1) is 13.6 Å². The standard InChI is InChI=1S/C8H7I2/c1-2-6-7(9)4-3-5-8(6)10/h2-5H,1H3. The Bertz CT molecular complexity index is 210. The molecule has 0 aliphatic carbocycles. The van der Waals surface area contributed by atoms with Crippen molar-refractivity contribution in [2.24, 2.45) is 0 Å². The van der Waals surface area contributed by atoms with Gasteiger partial charge in [0.15, 0.2) is 0 Å². The first-order valence-corrected chi connectivity index (χ1v) is 5.15. The van der Waals surface area contributed by atoms with Crippen LogP contribution in [0.15, 0.2) is 18.2 Å². The Hall–Kier alpha value is 0.680. The summed E-state index contributed by atoms with van der Waals surface area (Å²) >= 11 is 4.70. The fourth-order valence-corrected chi connectivity index (χ4v) is 2.92. The maximum absolute atomic E-state index is 2.35. The molecular formula is C8H7I2. The van der Waals surface area contributed by atoms with Crippen LogP contribution in [-0.2, 0) is 0 Å². The Labute approximate surface area is 88.7 Å². The molecule has 0 aliphatic rings. The summed E-state index contributed by atoms with van der Waals surface area (Å²) in [6.45, 7) is 2.07. The molecule has 0 aromatic heterocycles. The second-order valence-corrected chi connectivity index (χ2v) is 4.25. The smallest absolute Gasteiger partial charge is 0.0175 e. The van der Waals surface area contributed by atoms with E-state index in [1.54, 1.807) is 0 Å². The Morgan fingerprint density at radius 3 is 2.00 bits per heavy atom. The highest BCUT2D eigenvalue weighted by molar-refractivity contribution is 14.1. The molecule has 0 amide bonds. The second kappa shape index (κ2) is 3.90. The Morgan fingerprint density at radius 2 is 1.70 bits per heavy atom. The normalized spacial score (nSPS) is 9.90. The number of benzene rings is 1. The van der Waals surface area contributed by atoms with Crippen molar-refractivity contribution in [1.82, 2.24) is 0 Å². The van der Waals surface area contributed by atoms with E-state index in [1.165, 1.54) is 12.7 Å². The molecule has 1 rings (SSSR count). The summed E-state index contributed by atoms with van der Waals surface area (Å²) in [5, 5.41) is 0. The molecule has 53 valence electrons. The molecule has 0 nitrogen and oxygen atoms in total. The van der Waals surface area contributed by atoms with Crippen molar-refractivity contribution in [3.63, 3.8) is 0 Å². The van der Waals surface area contributed by atoms with Gasteiger partial charge in [0, 0.05) is 7.14 Å². The van der Waals surface area contributed by atoms with Crippen LogP contribution in [0.2, 0.25) is 0 Å². The van der Waals surface area contributed by atoms with Crippen molar-refractivity contribution in [1.29, 1.82) is 0 Å². The molecule has 0 unspecified atom stereocenters. The summed E-state index contributed by atoms with van der Waals surface area (Å²) in [7, 11) is 0. The topological polar surface area (TPSA) is 0 Å². The molecule has 0 fully saturated rings. The first-order valence-electron chi connectivity index (χ1n) is 2.99. The highest BCUT2D eigenvalue weighted by Crippen LogP contribution is 2.19. The quantitative estimate of drug-likeness (QED) is 0.676. The van der Waals surface area contributed by atoms with E-state index in [0.717, 1.165) is 0 Å². The fraction of sp³-hybridized carbons (Fsp3) is 0.125. The maximum atomic E-state index is 2.35. The Kier molecular flexibility index (Phi) is 3.42. The van der Waals surface area contributed by atoms with Gasteiger partial charge in [0.2, 0.25) is 0 Å². The van der Waals surface area contributed by atoms with Gasteiger partial charge in [0.1, 0.15) is 0 Å². The minimum absolute atomic E-state index is 1.33. The van der Waals surface area contributed by atoms with Gasteiger partial charge in [-0.05, 0) is 69.3 Å². The number of hydrogen-bond donors (Lipinski definition) is 0. The molecule has 10 heavy (non-hydrogen) atoms. The predicted octanol–water partition coefficient (Wildman–Crippen LogP) is 3.47. The SMILES string of the molecule is C[CH]c1c(I)cccc1I. The van der Waals surface area contributed by atoms with Crippen LogP contribution in [-0.4, -0.2) is 0 Å². The molecule has 1 aromatic carbocycles. The van der Waals surface area contributed by atoms with Crippen molar-refractivity contribution in [3.05, 3.63) is 37.3 Å². The summed E-state index contributed by atoms with van der Waals surface area (Å²) in [6.07, 6.45) is 2.14. The van der Waals surface area contributed by atoms with E-state index in [0.29, 0.717) is 0 Å². The molecular weight excluding hydrogens is 350 g/mol. The van der Waals surface area contributed by atoms with E-state index in [2.05, 4.69) is 76.7 Å². The summed E-state index contributed by atoms with van der Waals surface area (Å²) in [5.74, 6) is 0. The van der Waals surface area contributed by atoms with Crippen molar-refractivity contribution in [3.8, 4) is 0 Å². The summed E-state index contributed by atoms with van der Waals surface area (Å²) in [5.41, 5.74) is 1.35. The van der Waals surface area contributed by atoms with Crippen LogP contribution >= 0.6 is 45.2 Å². The van der Waals surface area contributed by atoms with Crippen LogP contribution in [0.25, 0.3) is 0 Å². The lowest BCUT2D eigenvalue weighted by molar-refractivity contribution is 1.36. The van der Waals surface area contributed by atoms with Crippen molar-refractivity contribution >= 4 is 45.2 Å². The van der Waals surface area contributed by atoms with Gasteiger partial charge >= 0.3 is 0 Å². The molecule has 0 atom stereocenters. The average Bonchev–Trinajstić information content (AvgIpc) is 1.88. The predicted molar refractivity (Wildman–Crippen MR) is 61.0 cm³/mol. The van der Waals surface area contributed by atoms with E-state index in [4.69, 9.17) is 0 Å². The Balaban J connectivity index is 3.17. The van der Waals surface area contributed by atoms with Crippen molar-refractivity contribution in [2.75, 3.05) is 0 Å². The van der Waals surface area contributed by atoms with Crippen LogP contribution < -0.4 is 0 Å². The van der Waals surface area contributed by atoms with Gasteiger partial charge in [-0.3, -0.25) is 0 Å². The largest absolute Gasteiger partial charge is 0.0601 e. The molecule has 1 radical (unpaired) electrons. The van der Waals surface area contributed by atoms with Gasteiger partial charge in [0.05, 0.1) is 0 Å². The lowest BCUT2D eigenvalue weighted by atomic mass is 10.2. The van der Waals surface area contributed by atoms with Gasteiger partial charge in [-0.1, -0.05) is 13.0 Å². The minimum atomic E-state index is 1.33. The maximum Gasteiger partial charge on any atom is 0.0175 e. The van der Waals surface area contributed by atoms with E-state index < -0.39 is 0 Å². The third kappa shape index (κ3) is 1.84. The number of rotatable bonds is 1. The monoisotopic (exact) mass is 357 g/mol. The van der Waals surface area contributed by atoms with Crippen LogP contribution in [0.1, 0.15) is 12.5 Å². The first-order chi connectivity index (χ1) is 4.75. The van der Waals surface area contributed by atoms with Gasteiger partial charge < -0.3 is 0 Å². The first kappa shape index (κ1) is 8.77. The molecule has 0 saturated heterocycles. The lowest BCUT2D eigenvalue weighted by Gasteiger charge is -2.01. The number of halogens is 2. The van der Waals surface area contributed by atoms with Gasteiger partial charge in [-0.15, -0.1) is 0 Å². The molecule has 0 heterocycles. The van der Waals surface area contributed by atoms with E-state index in [9.17, 15) is 0 Å². The highest BCUT2D eigenvalue weighted by Gasteiger charge is 1.99. The zero-order chi connectivity index (χ0) is 7.56. The Morgan fingerprint density at radius 1 is 1.20 bits per heavy atom. The second-order valence-electron chi connectivity index (χ2n) is 1.92. The van der Waals surface area contributed by atoms with E-state index >= 15 is 0 Å². The molecule has 2 heteroatoms. The summed E-state index contributed by atoms with van der Waals surface area (Å²) in [6, 6.07) is 6.33. The lowest BCUT2D eigenvalue weighted by Crippen LogP contribution is -1.87. The molecule has 0 aliphatic heterocycles. The van der Waals surface area contributed by atoms with Gasteiger partial charge in [-0.25, -0.2) is 0 Å². The third-order valence-corrected chi connectivity index (χ3v) is 3.17. The average molecular weight is 357 g/mol. The van der Waals surface area contributed by atoms with Crippen molar-refractivity contribution < 1.29 is 0 Å². The van der Waals surface area contributed by atoms with E-state index in [1.807, 2.05) is 0 Å². The van der Waals surface area contributed by atoms with Crippen LogP contribution in [0.3, 0.4) is 0 Å². The van der Waals surface area contributed by atoms with E-state index in [-0.39, 0.29) is 0 Å². The zero-order valence-corrected chi connectivity index (χ0v) is 9.88. The molecule has 1 aromatic rings. The minimum Gasteiger partial charge on any atom is -0.0601 e. The van der Waals surface area contributed by atoms with Gasteiger partial charge in [-0.2, -0.15) is 0 Å². The van der Waals surface area contributed by atoms with Gasteiger partial charge in [0.25, 0.3) is 0 Å². The molecule has 0 saturated carbocycles.